The first-order valence-electron chi connectivity index (χ1n) is 37.1. The zero-order valence-electron chi connectivity index (χ0n) is 65.3. The SMILES string of the molecule is COc1cccc(-c2cc(F)ccc2[C@H]2Cc3nc(N)nc(C)c3C(NOCCCO)=N2)n1.COc1cccc(B2OCCN(c3ccccc3)CCO2)n1.Cc1nc(N)nc2c1C(NOCCCO)=N[C@@H](c1ccc(F)cc1Br)C2.Cc1nc(N)nc2c1C(NOCCCO[Si](C)(C)C(C)(C)C)=N[C@@H](c1ccc(F)cc1Br)C2. The van der Waals surface area contributed by atoms with Crippen molar-refractivity contribution in [1.29, 1.82) is 0 Å². The van der Waals surface area contributed by atoms with Gasteiger partial charge in [0.05, 0.1) is 114 Å². The van der Waals surface area contributed by atoms with Crippen LogP contribution in [0.3, 0.4) is 0 Å². The minimum atomic E-state index is -1.77. The normalized spacial score (nSPS) is 15.9. The van der Waals surface area contributed by atoms with Gasteiger partial charge in [-0.05, 0) is 136 Å². The molecule has 35 heteroatoms. The molecule has 4 aliphatic heterocycles. The maximum atomic E-state index is 14.3. The standard InChI is InChI=1S/C23H33BrFN5O2Si.C23H25FN6O3.C17H19BrFN5O2.C16H19BN2O3/c1-14-20-19(29-22(26)27-14)13-18(16-9-8-15(25)12-17(16)24)28-21(20)30-31-10-7-11-32-33(5,6)23(2,3)4;1-13-21-19(29-23(25)26-13)12-18(28-22(21)30-33-10-4-9-31)15-8-7-14(24)11-16(15)17-5-3-6-20(27-17)32-2;1-9-15-14(23-17(20)21-9)8-13(11-4-3-10(19)7-12(11)18)22-16(15)24-26-6-2-5-25;1-20-16-9-5-8-15(18-16)17-21-12-10-19(11-13-22-17)14-6-3-2-4-7-14/h8-9,12,18H,7,10-11,13H2,1-6H3,(H,28,30)(H2,26,27,29);3,5-8,11,18,31H,4,9-10,12H2,1-2H3,(H,28,30)(H2,25,26,29);3-4,7,13,25H,2,5-6,8H2,1H3,(H,22,24)(H2,20,21,23);2-9H,10-13H2,1H3/t2*18-;13-;/m111./s1. The molecule has 1 fully saturated rings. The number of amidine groups is 3. The number of pyridine rings is 2. The summed E-state index contributed by atoms with van der Waals surface area (Å²) >= 11 is 6.85. The number of hydroxylamine groups is 3. The number of aryl methyl sites for hydroxylation is 3. The average Bonchev–Trinajstić information content (AvgIpc) is 0.780. The number of halogens is 5. The second kappa shape index (κ2) is 41.1. The smallest absolute Gasteiger partial charge is 0.481 e. The molecular formula is C79H96BBr2F3N18O10Si. The first-order chi connectivity index (χ1) is 54.7. The van der Waals surface area contributed by atoms with Crippen LogP contribution in [-0.2, 0) is 47.5 Å². The molecule has 28 nitrogen and oxygen atoms in total. The van der Waals surface area contributed by atoms with Gasteiger partial charge in [-0.25, -0.2) is 69.5 Å². The Kier molecular flexibility index (Phi) is 31.2. The number of aliphatic hydroxyl groups excluding tert-OH is 2. The summed E-state index contributed by atoms with van der Waals surface area (Å²) in [6, 6.07) is 33.9. The van der Waals surface area contributed by atoms with E-state index >= 15 is 0 Å². The van der Waals surface area contributed by atoms with Gasteiger partial charge in [-0.2, -0.15) is 0 Å². The molecule has 0 bridgehead atoms. The highest BCUT2D eigenvalue weighted by Crippen LogP contribution is 2.40. The molecule has 1 saturated heterocycles. The lowest BCUT2D eigenvalue weighted by Crippen LogP contribution is -2.45. The minimum absolute atomic E-state index is 0.0124. The van der Waals surface area contributed by atoms with Crippen LogP contribution >= 0.6 is 31.9 Å². The van der Waals surface area contributed by atoms with Crippen molar-refractivity contribution in [2.75, 3.05) is 102 Å². The van der Waals surface area contributed by atoms with Crippen molar-refractivity contribution in [1.82, 2.24) is 56.3 Å². The number of hydrogen-bond donors (Lipinski definition) is 8. The highest BCUT2D eigenvalue weighted by Gasteiger charge is 2.38. The fourth-order valence-corrected chi connectivity index (χ4v) is 14.8. The molecule has 3 atom stereocenters. The Labute approximate surface area is 679 Å². The lowest BCUT2D eigenvalue weighted by atomic mass is 9.83. The Morgan fingerprint density at radius 1 is 0.526 bits per heavy atom. The number of aromatic nitrogens is 8. The van der Waals surface area contributed by atoms with Gasteiger partial charge in [-0.15, -0.1) is 0 Å². The molecule has 114 heavy (non-hydrogen) atoms. The summed E-state index contributed by atoms with van der Waals surface area (Å²) in [5, 5.41) is 18.1. The van der Waals surface area contributed by atoms with Crippen molar-refractivity contribution in [3.05, 3.63) is 215 Å². The van der Waals surface area contributed by atoms with Gasteiger partial charge in [0, 0.05) is 97.7 Å². The molecule has 4 aliphatic rings. The highest BCUT2D eigenvalue weighted by atomic mass is 79.9. The lowest BCUT2D eigenvalue weighted by molar-refractivity contribution is 0.0720. The fourth-order valence-electron chi connectivity index (χ4n) is 12.5. The van der Waals surface area contributed by atoms with Gasteiger partial charge in [-0.3, -0.25) is 29.5 Å². The molecule has 13 rings (SSSR count). The Bertz CT molecular complexity index is 4840. The monoisotopic (exact) mass is 1710 g/mol. The van der Waals surface area contributed by atoms with Gasteiger partial charge in [0.1, 0.15) is 17.5 Å². The van der Waals surface area contributed by atoms with E-state index in [4.69, 9.17) is 80.1 Å². The van der Waals surface area contributed by atoms with E-state index in [0.29, 0.717) is 144 Å². The van der Waals surface area contributed by atoms with Gasteiger partial charge in [0.2, 0.25) is 29.6 Å². The summed E-state index contributed by atoms with van der Waals surface area (Å²) in [5.74, 6) is 2.04. The third kappa shape index (κ3) is 23.3. The second-order valence-corrected chi connectivity index (χ2v) is 34.7. The van der Waals surface area contributed by atoms with E-state index in [1.54, 1.807) is 43.5 Å². The molecule has 4 aromatic carbocycles. The number of fused-ring (bicyclic) bond motifs is 3. The zero-order valence-corrected chi connectivity index (χ0v) is 69.5. The van der Waals surface area contributed by atoms with Crippen LogP contribution in [0.4, 0.5) is 36.7 Å². The number of benzene rings is 4. The van der Waals surface area contributed by atoms with Gasteiger partial charge in [0.25, 0.3) is 0 Å². The Morgan fingerprint density at radius 2 is 0.947 bits per heavy atom. The number of aliphatic hydroxyl groups is 2. The maximum absolute atomic E-state index is 14.3. The summed E-state index contributed by atoms with van der Waals surface area (Å²) in [4.78, 5) is 68.1. The Balaban J connectivity index is 0.000000163. The number of methoxy groups -OCH3 is 2. The lowest BCUT2D eigenvalue weighted by Gasteiger charge is -2.36. The maximum Gasteiger partial charge on any atom is 0.513 e. The number of aliphatic imine (C=N–C) groups is 3. The predicted molar refractivity (Wildman–Crippen MR) is 442 cm³/mol. The highest BCUT2D eigenvalue weighted by molar-refractivity contribution is 9.10. The van der Waals surface area contributed by atoms with E-state index in [1.165, 1.54) is 49.2 Å². The molecule has 0 amide bonds. The van der Waals surface area contributed by atoms with Crippen LogP contribution in [-0.4, -0.2) is 163 Å². The van der Waals surface area contributed by atoms with E-state index in [0.717, 1.165) is 70.0 Å². The summed E-state index contributed by atoms with van der Waals surface area (Å²) in [6.45, 7) is 21.3. The van der Waals surface area contributed by atoms with Crippen LogP contribution in [0.15, 0.2) is 145 Å². The van der Waals surface area contributed by atoms with E-state index in [9.17, 15) is 13.2 Å². The van der Waals surface area contributed by atoms with E-state index < -0.39 is 21.5 Å². The summed E-state index contributed by atoms with van der Waals surface area (Å²) in [7, 11) is 0.921. The number of para-hydroxylation sites is 1. The molecule has 9 aromatic rings. The first-order valence-corrected chi connectivity index (χ1v) is 41.6. The van der Waals surface area contributed by atoms with Crippen molar-refractivity contribution >= 4 is 93.9 Å². The van der Waals surface area contributed by atoms with Crippen molar-refractivity contribution in [2.45, 2.75) is 116 Å². The van der Waals surface area contributed by atoms with Crippen molar-refractivity contribution in [2.24, 2.45) is 15.0 Å². The van der Waals surface area contributed by atoms with Gasteiger partial charge in [0.15, 0.2) is 25.8 Å². The largest absolute Gasteiger partial charge is 0.513 e. The number of nitrogen functional groups attached to an aromatic ring is 3. The van der Waals surface area contributed by atoms with Crippen molar-refractivity contribution < 1.29 is 61.1 Å². The molecule has 11 N–H and O–H groups in total. The van der Waals surface area contributed by atoms with Crippen LogP contribution in [0.2, 0.25) is 18.1 Å². The van der Waals surface area contributed by atoms with E-state index in [1.807, 2.05) is 57.2 Å². The molecule has 9 heterocycles. The molecule has 5 aromatic heterocycles. The third-order valence-electron chi connectivity index (χ3n) is 19.1. The van der Waals surface area contributed by atoms with E-state index in [2.05, 4.69) is 139 Å². The quantitative estimate of drug-likeness (QED) is 0.0177. The van der Waals surface area contributed by atoms with Gasteiger partial charge in [-0.1, -0.05) is 101 Å². The summed E-state index contributed by atoms with van der Waals surface area (Å²) in [6.07, 6.45) is 3.19. The van der Waals surface area contributed by atoms with Crippen molar-refractivity contribution in [3.8, 4) is 23.0 Å². The molecule has 0 radical (unpaired) electrons. The molecular weight excluding hydrogens is 1620 g/mol. The average molecular weight is 1710 g/mol. The number of rotatable bonds is 22. The fraction of sp³-hybridized carbons (Fsp3) is 0.380. The third-order valence-corrected chi connectivity index (χ3v) is 25.0. The number of ether oxygens (including phenoxy) is 2. The van der Waals surface area contributed by atoms with Crippen LogP contribution in [0.1, 0.15) is 126 Å². The molecule has 0 unspecified atom stereocenters. The number of nitrogens with zero attached hydrogens (tertiary/aromatic N) is 12. The first kappa shape index (κ1) is 86.7. The van der Waals surface area contributed by atoms with E-state index in [-0.39, 0.29) is 65.6 Å². The second-order valence-electron chi connectivity index (χ2n) is 28.2. The minimum Gasteiger partial charge on any atom is -0.481 e. The predicted octanol–water partition coefficient (Wildman–Crippen LogP) is 11.3. The number of hydrogen-bond acceptors (Lipinski definition) is 28. The number of nitrogens with one attached hydrogen (secondary N) is 3. The van der Waals surface area contributed by atoms with Crippen LogP contribution in [0, 0.1) is 38.2 Å². The molecule has 0 saturated carbocycles. The molecule has 0 spiro atoms. The summed E-state index contributed by atoms with van der Waals surface area (Å²) in [5.41, 5.74) is 38.5. The zero-order chi connectivity index (χ0) is 81.6. The topological polar surface area (TPSA) is 372 Å². The van der Waals surface area contributed by atoms with Gasteiger partial charge >= 0.3 is 7.12 Å². The van der Waals surface area contributed by atoms with Crippen LogP contribution in [0.25, 0.3) is 11.3 Å². The van der Waals surface area contributed by atoms with Crippen LogP contribution in [0.5, 0.6) is 11.8 Å². The molecule has 0 aliphatic carbocycles. The number of nitrogens with two attached hydrogens (primary N) is 3. The molecule has 604 valence electrons. The van der Waals surface area contributed by atoms with Gasteiger partial charge < -0.3 is 55.5 Å². The Morgan fingerprint density at radius 3 is 1.39 bits per heavy atom. The summed E-state index contributed by atoms with van der Waals surface area (Å²) < 4.78 is 70.8. The Hall–Kier alpha value is -9.66. The van der Waals surface area contributed by atoms with Crippen molar-refractivity contribution in [3.63, 3.8) is 0 Å². The van der Waals surface area contributed by atoms with Crippen LogP contribution < -0.4 is 53.6 Å². The number of anilines is 4.